The first-order valence-electron chi connectivity index (χ1n) is 4.84. The molecule has 0 amide bonds. The van der Waals surface area contributed by atoms with Crippen LogP contribution in [0.25, 0.3) is 0 Å². The molecule has 0 spiro atoms. The number of benzene rings is 1. The fourth-order valence-electron chi connectivity index (χ4n) is 1.27. The molecular weight excluding hydrogens is 304 g/mol. The summed E-state index contributed by atoms with van der Waals surface area (Å²) in [5.74, 6) is 0.724. The third-order valence-electron chi connectivity index (χ3n) is 2.06. The molecule has 2 aromatic rings. The molecular formula is C11H9BrN2O2S. The molecule has 2 rings (SSSR count). The number of H-pyrrole nitrogens is 2. The molecule has 0 aliphatic rings. The average molecular weight is 313 g/mol. The van der Waals surface area contributed by atoms with Gasteiger partial charge < -0.3 is 9.97 Å². The van der Waals surface area contributed by atoms with Crippen molar-refractivity contribution in [3.63, 3.8) is 0 Å². The summed E-state index contributed by atoms with van der Waals surface area (Å²) in [5, 5.41) is 0.648. The zero-order valence-corrected chi connectivity index (χ0v) is 11.1. The number of aromatic amines is 2. The van der Waals surface area contributed by atoms with E-state index < -0.39 is 11.1 Å². The number of aromatic nitrogens is 2. The molecule has 1 heterocycles. The summed E-state index contributed by atoms with van der Waals surface area (Å²) in [4.78, 5) is 26.9. The van der Waals surface area contributed by atoms with E-state index in [4.69, 9.17) is 0 Å². The third-order valence-corrected chi connectivity index (χ3v) is 3.56. The Bertz CT molecular complexity index is 636. The molecule has 0 saturated carbocycles. The summed E-state index contributed by atoms with van der Waals surface area (Å²) in [6.45, 7) is 0. The first-order valence-corrected chi connectivity index (χ1v) is 6.62. The van der Waals surface area contributed by atoms with Gasteiger partial charge in [-0.3, -0.25) is 9.59 Å². The molecule has 17 heavy (non-hydrogen) atoms. The fraction of sp³-hybridized carbons (Fsp3) is 0.0909. The van der Waals surface area contributed by atoms with Crippen molar-refractivity contribution < 1.29 is 0 Å². The number of nitrogens with one attached hydrogen (secondary N) is 2. The molecule has 1 aromatic carbocycles. The van der Waals surface area contributed by atoms with E-state index in [-0.39, 0.29) is 0 Å². The van der Waals surface area contributed by atoms with Gasteiger partial charge in [0.1, 0.15) is 0 Å². The van der Waals surface area contributed by atoms with Crippen LogP contribution in [0.15, 0.2) is 49.6 Å². The molecule has 0 fully saturated rings. The summed E-state index contributed by atoms with van der Waals surface area (Å²) in [5.41, 5.74) is -0.113. The lowest BCUT2D eigenvalue weighted by Gasteiger charge is -2.01. The van der Waals surface area contributed by atoms with E-state index in [1.54, 1.807) is 0 Å². The van der Waals surface area contributed by atoms with Crippen molar-refractivity contribution in [2.24, 2.45) is 0 Å². The van der Waals surface area contributed by atoms with E-state index in [1.807, 2.05) is 24.3 Å². The van der Waals surface area contributed by atoms with E-state index in [2.05, 4.69) is 25.9 Å². The van der Waals surface area contributed by atoms with Gasteiger partial charge in [0.05, 0.1) is 5.03 Å². The van der Waals surface area contributed by atoms with Crippen molar-refractivity contribution in [3.05, 3.63) is 61.2 Å². The average Bonchev–Trinajstić information content (AvgIpc) is 2.31. The Morgan fingerprint density at radius 2 is 2.06 bits per heavy atom. The molecule has 0 aliphatic heterocycles. The summed E-state index contributed by atoms with van der Waals surface area (Å²) in [6, 6.07) is 7.92. The van der Waals surface area contributed by atoms with Crippen molar-refractivity contribution in [2.75, 3.05) is 0 Å². The minimum absolute atomic E-state index is 0.621. The van der Waals surface area contributed by atoms with Crippen LogP contribution in [0.3, 0.4) is 0 Å². The number of hydrogen-bond acceptors (Lipinski definition) is 3. The van der Waals surface area contributed by atoms with E-state index >= 15 is 0 Å². The van der Waals surface area contributed by atoms with Crippen LogP contribution in [0.4, 0.5) is 0 Å². The molecule has 0 aliphatic carbocycles. The Kier molecular flexibility index (Phi) is 3.86. The van der Waals surface area contributed by atoms with Gasteiger partial charge in [0.25, 0.3) is 0 Å². The van der Waals surface area contributed by atoms with Gasteiger partial charge >= 0.3 is 11.1 Å². The maximum Gasteiger partial charge on any atom is 0.314 e. The molecule has 4 nitrogen and oxygen atoms in total. The topological polar surface area (TPSA) is 65.7 Å². The second-order valence-electron chi connectivity index (χ2n) is 3.35. The molecule has 2 N–H and O–H groups in total. The lowest BCUT2D eigenvalue weighted by atomic mass is 10.2. The molecule has 6 heteroatoms. The Labute approximate surface area is 110 Å². The standard InChI is InChI=1S/C11H9BrN2O2S/c12-8-3-1-2-7(4-8)6-17-9-5-13-10(15)11(16)14-9/h1-5H,6H2,(H,13,15)(H,14,16). The Morgan fingerprint density at radius 3 is 2.76 bits per heavy atom. The monoisotopic (exact) mass is 312 g/mol. The minimum atomic E-state index is -0.628. The van der Waals surface area contributed by atoms with Crippen LogP contribution in [0.5, 0.6) is 0 Å². The van der Waals surface area contributed by atoms with Gasteiger partial charge in [-0.15, -0.1) is 11.8 Å². The third kappa shape index (κ3) is 3.34. The van der Waals surface area contributed by atoms with Crippen LogP contribution in [-0.2, 0) is 5.75 Å². The minimum Gasteiger partial charge on any atom is -0.322 e. The van der Waals surface area contributed by atoms with Crippen LogP contribution >= 0.6 is 27.7 Å². The van der Waals surface area contributed by atoms with Crippen molar-refractivity contribution in [1.82, 2.24) is 9.97 Å². The second-order valence-corrected chi connectivity index (χ2v) is 5.29. The highest BCUT2D eigenvalue weighted by Crippen LogP contribution is 2.20. The van der Waals surface area contributed by atoms with Gasteiger partial charge in [-0.1, -0.05) is 28.1 Å². The van der Waals surface area contributed by atoms with Gasteiger partial charge in [-0.2, -0.15) is 0 Å². The van der Waals surface area contributed by atoms with Crippen molar-refractivity contribution in [2.45, 2.75) is 10.8 Å². The number of halogens is 1. The summed E-state index contributed by atoms with van der Waals surface area (Å²) in [7, 11) is 0. The van der Waals surface area contributed by atoms with Crippen LogP contribution in [0, 0.1) is 0 Å². The van der Waals surface area contributed by atoms with Gasteiger partial charge in [-0.25, -0.2) is 0 Å². The summed E-state index contributed by atoms with van der Waals surface area (Å²) < 4.78 is 1.02. The van der Waals surface area contributed by atoms with E-state index in [9.17, 15) is 9.59 Å². The van der Waals surface area contributed by atoms with E-state index in [1.165, 1.54) is 18.0 Å². The maximum absolute atomic E-state index is 11.1. The van der Waals surface area contributed by atoms with Gasteiger partial charge in [0.15, 0.2) is 0 Å². The Hall–Kier alpha value is -1.27. The molecule has 0 bridgehead atoms. The molecule has 1 aromatic heterocycles. The van der Waals surface area contributed by atoms with Gasteiger partial charge in [0.2, 0.25) is 0 Å². The Morgan fingerprint density at radius 1 is 1.24 bits per heavy atom. The number of thioether (sulfide) groups is 1. The molecule has 0 unspecified atom stereocenters. The van der Waals surface area contributed by atoms with Crippen molar-refractivity contribution >= 4 is 27.7 Å². The zero-order chi connectivity index (χ0) is 12.3. The predicted molar refractivity (Wildman–Crippen MR) is 71.4 cm³/mol. The zero-order valence-electron chi connectivity index (χ0n) is 8.70. The fourth-order valence-corrected chi connectivity index (χ4v) is 2.52. The summed E-state index contributed by atoms with van der Waals surface area (Å²) >= 11 is 4.85. The van der Waals surface area contributed by atoms with Crippen LogP contribution in [0.1, 0.15) is 5.56 Å². The smallest absolute Gasteiger partial charge is 0.314 e. The normalized spacial score (nSPS) is 10.4. The maximum atomic E-state index is 11.1. The van der Waals surface area contributed by atoms with Gasteiger partial charge in [-0.05, 0) is 17.7 Å². The van der Waals surface area contributed by atoms with E-state index in [0.29, 0.717) is 5.03 Å². The first kappa shape index (κ1) is 12.2. The number of hydrogen-bond donors (Lipinski definition) is 2. The highest BCUT2D eigenvalue weighted by molar-refractivity contribution is 9.10. The molecule has 0 atom stereocenters. The molecule has 0 radical (unpaired) electrons. The largest absolute Gasteiger partial charge is 0.322 e. The van der Waals surface area contributed by atoms with Crippen molar-refractivity contribution in [3.8, 4) is 0 Å². The highest BCUT2D eigenvalue weighted by atomic mass is 79.9. The van der Waals surface area contributed by atoms with Crippen LogP contribution < -0.4 is 11.1 Å². The van der Waals surface area contributed by atoms with Crippen LogP contribution in [-0.4, -0.2) is 9.97 Å². The first-order chi connectivity index (χ1) is 8.15. The summed E-state index contributed by atoms with van der Waals surface area (Å²) in [6.07, 6.45) is 1.51. The van der Waals surface area contributed by atoms with E-state index in [0.717, 1.165) is 15.8 Å². The lowest BCUT2D eigenvalue weighted by Crippen LogP contribution is -2.28. The van der Waals surface area contributed by atoms with Crippen molar-refractivity contribution in [1.29, 1.82) is 0 Å². The lowest BCUT2D eigenvalue weighted by molar-refractivity contribution is 0.971. The SMILES string of the molecule is O=c1[nH]cc(SCc2cccc(Br)c2)[nH]c1=O. The molecule has 0 saturated heterocycles. The quantitative estimate of drug-likeness (QED) is 0.674. The van der Waals surface area contributed by atoms with Gasteiger partial charge in [0, 0.05) is 16.4 Å². The van der Waals surface area contributed by atoms with Crippen LogP contribution in [0.2, 0.25) is 0 Å². The predicted octanol–water partition coefficient (Wildman–Crippen LogP) is 2.12. The molecule has 88 valence electrons. The number of rotatable bonds is 3. The second kappa shape index (κ2) is 5.37. The highest BCUT2D eigenvalue weighted by Gasteiger charge is 2.00. The Balaban J connectivity index is 2.10.